The molecule has 8 heteroatoms. The van der Waals surface area contributed by atoms with Gasteiger partial charge < -0.3 is 14.5 Å². The number of rotatable bonds is 6. The number of aromatic amines is 1. The minimum Gasteiger partial charge on any atom is -0.486 e. The summed E-state index contributed by atoms with van der Waals surface area (Å²) >= 11 is 0. The highest BCUT2D eigenvalue weighted by Crippen LogP contribution is 2.18. The Morgan fingerprint density at radius 3 is 2.46 bits per heavy atom. The van der Waals surface area contributed by atoms with Gasteiger partial charge in [0.15, 0.2) is 5.65 Å². The molecular weight excluding hydrogens is 360 g/mol. The number of nitrogens with zero attached hydrogens (tertiary/aromatic N) is 3. The number of benzene rings is 1. The highest BCUT2D eigenvalue weighted by atomic mass is 16.6. The standard InChI is InChI=1S/C20H22N4O4/c1-3-23-18-17(19(25)24(4-2)20(23)26)21-16(22-18)10-7-13-5-8-14(9-6-13)28-15-11-27-12-15/h5-10,15H,3-4,11-12H2,1-2H3,(H,21,22). The molecule has 0 aliphatic carbocycles. The third kappa shape index (κ3) is 3.27. The van der Waals surface area contributed by atoms with Gasteiger partial charge in [-0.25, -0.2) is 9.78 Å². The van der Waals surface area contributed by atoms with Crippen molar-refractivity contribution in [2.75, 3.05) is 13.2 Å². The SMILES string of the molecule is CCn1c(=O)c2[nH]c(C=Cc3ccc(OC4COC4)cc3)nc2n(CC)c1=O. The highest BCUT2D eigenvalue weighted by molar-refractivity contribution is 5.75. The van der Waals surface area contributed by atoms with Crippen LogP contribution in [0.3, 0.4) is 0 Å². The van der Waals surface area contributed by atoms with E-state index in [0.717, 1.165) is 11.3 Å². The van der Waals surface area contributed by atoms with Crippen molar-refractivity contribution in [3.8, 4) is 5.75 Å². The van der Waals surface area contributed by atoms with E-state index in [1.807, 2.05) is 37.3 Å². The predicted molar refractivity (Wildman–Crippen MR) is 107 cm³/mol. The number of fused-ring (bicyclic) bond motifs is 1. The molecule has 1 aromatic carbocycles. The molecule has 0 atom stereocenters. The molecule has 3 heterocycles. The molecule has 2 aromatic heterocycles. The van der Waals surface area contributed by atoms with Gasteiger partial charge >= 0.3 is 5.69 Å². The fraction of sp³-hybridized carbons (Fsp3) is 0.350. The van der Waals surface area contributed by atoms with Gasteiger partial charge in [-0.05, 0) is 37.6 Å². The first-order valence-corrected chi connectivity index (χ1v) is 9.36. The molecular formula is C20H22N4O4. The van der Waals surface area contributed by atoms with Crippen LogP contribution in [0.5, 0.6) is 5.75 Å². The molecule has 0 spiro atoms. The molecule has 146 valence electrons. The zero-order valence-electron chi connectivity index (χ0n) is 15.8. The normalized spacial score (nSPS) is 14.6. The monoisotopic (exact) mass is 382 g/mol. The van der Waals surface area contributed by atoms with Crippen molar-refractivity contribution in [2.45, 2.75) is 33.0 Å². The largest absolute Gasteiger partial charge is 0.486 e. The summed E-state index contributed by atoms with van der Waals surface area (Å²) in [6.07, 6.45) is 3.82. The van der Waals surface area contributed by atoms with Crippen LogP contribution in [0.1, 0.15) is 25.2 Å². The molecule has 1 saturated heterocycles. The number of ether oxygens (including phenoxy) is 2. The Kier molecular flexibility index (Phi) is 4.87. The second-order valence-corrected chi connectivity index (χ2v) is 6.58. The van der Waals surface area contributed by atoms with Gasteiger partial charge in [0.05, 0.1) is 13.2 Å². The molecule has 8 nitrogen and oxygen atoms in total. The molecule has 1 aliphatic rings. The summed E-state index contributed by atoms with van der Waals surface area (Å²) in [7, 11) is 0. The number of aromatic nitrogens is 4. The van der Waals surface area contributed by atoms with Crippen LogP contribution in [0.25, 0.3) is 23.3 Å². The third-order valence-corrected chi connectivity index (χ3v) is 4.74. The molecule has 1 fully saturated rings. The lowest BCUT2D eigenvalue weighted by molar-refractivity contribution is -0.0796. The van der Waals surface area contributed by atoms with E-state index in [-0.39, 0.29) is 17.4 Å². The number of hydrogen-bond acceptors (Lipinski definition) is 5. The topological polar surface area (TPSA) is 91.1 Å². The van der Waals surface area contributed by atoms with Crippen LogP contribution in [0.2, 0.25) is 0 Å². The first-order chi connectivity index (χ1) is 13.6. The molecule has 0 bridgehead atoms. The molecule has 1 aliphatic heterocycles. The third-order valence-electron chi connectivity index (χ3n) is 4.74. The van der Waals surface area contributed by atoms with Crippen LogP contribution in [0.15, 0.2) is 33.9 Å². The maximum absolute atomic E-state index is 12.5. The Hall–Kier alpha value is -3.13. The Bertz CT molecular complexity index is 1130. The lowest BCUT2D eigenvalue weighted by Crippen LogP contribution is -2.39. The lowest BCUT2D eigenvalue weighted by Gasteiger charge is -2.26. The summed E-state index contributed by atoms with van der Waals surface area (Å²) in [4.78, 5) is 32.4. The smallest absolute Gasteiger partial charge is 0.332 e. The molecule has 1 N–H and O–H groups in total. The van der Waals surface area contributed by atoms with Gasteiger partial charge in [0.25, 0.3) is 5.56 Å². The van der Waals surface area contributed by atoms with E-state index < -0.39 is 0 Å². The first-order valence-electron chi connectivity index (χ1n) is 9.36. The van der Waals surface area contributed by atoms with Crippen molar-refractivity contribution in [3.63, 3.8) is 0 Å². The van der Waals surface area contributed by atoms with Crippen molar-refractivity contribution in [3.05, 3.63) is 56.5 Å². The predicted octanol–water partition coefficient (Wildman–Crippen LogP) is 1.87. The van der Waals surface area contributed by atoms with Crippen molar-refractivity contribution < 1.29 is 9.47 Å². The summed E-state index contributed by atoms with van der Waals surface area (Å²) in [5, 5.41) is 0. The Balaban J connectivity index is 1.61. The molecule has 0 unspecified atom stereocenters. The number of hydrogen-bond donors (Lipinski definition) is 1. The zero-order chi connectivity index (χ0) is 19.7. The number of nitrogens with one attached hydrogen (secondary N) is 1. The number of H-pyrrole nitrogens is 1. The van der Waals surface area contributed by atoms with Crippen LogP contribution >= 0.6 is 0 Å². The van der Waals surface area contributed by atoms with E-state index in [1.165, 1.54) is 9.13 Å². The molecule has 0 radical (unpaired) electrons. The second kappa shape index (κ2) is 7.47. The molecule has 28 heavy (non-hydrogen) atoms. The Morgan fingerprint density at radius 2 is 1.86 bits per heavy atom. The maximum Gasteiger partial charge on any atom is 0.332 e. The Morgan fingerprint density at radius 1 is 1.14 bits per heavy atom. The van der Waals surface area contributed by atoms with Crippen LogP contribution in [0, 0.1) is 0 Å². The van der Waals surface area contributed by atoms with Crippen LogP contribution < -0.4 is 16.0 Å². The molecule has 0 saturated carbocycles. The summed E-state index contributed by atoms with van der Waals surface area (Å²) < 4.78 is 13.6. The molecule has 3 aromatic rings. The van der Waals surface area contributed by atoms with E-state index in [0.29, 0.717) is 43.3 Å². The fourth-order valence-electron chi connectivity index (χ4n) is 3.13. The average molecular weight is 382 g/mol. The van der Waals surface area contributed by atoms with Crippen LogP contribution in [-0.2, 0) is 17.8 Å². The minimum absolute atomic E-state index is 0.139. The number of aryl methyl sites for hydroxylation is 1. The number of imidazole rings is 1. The Labute approximate surface area is 161 Å². The summed E-state index contributed by atoms with van der Waals surface area (Å²) in [5.41, 5.74) is 1.01. The van der Waals surface area contributed by atoms with Gasteiger partial charge in [-0.3, -0.25) is 13.9 Å². The van der Waals surface area contributed by atoms with E-state index in [2.05, 4.69) is 9.97 Å². The van der Waals surface area contributed by atoms with Crippen molar-refractivity contribution in [2.24, 2.45) is 0 Å². The highest BCUT2D eigenvalue weighted by Gasteiger charge is 2.19. The summed E-state index contributed by atoms with van der Waals surface area (Å²) in [5.74, 6) is 1.33. The van der Waals surface area contributed by atoms with E-state index in [9.17, 15) is 9.59 Å². The van der Waals surface area contributed by atoms with Gasteiger partial charge in [-0.15, -0.1) is 0 Å². The fourth-order valence-corrected chi connectivity index (χ4v) is 3.13. The average Bonchev–Trinajstić information content (AvgIpc) is 3.09. The summed E-state index contributed by atoms with van der Waals surface area (Å²) in [6, 6.07) is 7.71. The van der Waals surface area contributed by atoms with Crippen molar-refractivity contribution >= 4 is 23.3 Å². The first kappa shape index (κ1) is 18.2. The van der Waals surface area contributed by atoms with E-state index >= 15 is 0 Å². The van der Waals surface area contributed by atoms with Gasteiger partial charge in [-0.2, -0.15) is 0 Å². The second-order valence-electron chi connectivity index (χ2n) is 6.58. The van der Waals surface area contributed by atoms with Crippen molar-refractivity contribution in [1.29, 1.82) is 0 Å². The van der Waals surface area contributed by atoms with Gasteiger partial charge in [0.1, 0.15) is 23.2 Å². The quantitative estimate of drug-likeness (QED) is 0.703. The minimum atomic E-state index is -0.346. The zero-order valence-corrected chi connectivity index (χ0v) is 15.8. The summed E-state index contributed by atoms with van der Waals surface area (Å²) in [6.45, 7) is 5.66. The van der Waals surface area contributed by atoms with E-state index in [4.69, 9.17) is 9.47 Å². The molecule has 0 amide bonds. The van der Waals surface area contributed by atoms with Gasteiger partial charge in [-0.1, -0.05) is 18.2 Å². The molecule has 4 rings (SSSR count). The lowest BCUT2D eigenvalue weighted by atomic mass is 10.2. The maximum atomic E-state index is 12.5. The van der Waals surface area contributed by atoms with E-state index in [1.54, 1.807) is 13.0 Å². The van der Waals surface area contributed by atoms with Crippen LogP contribution in [-0.4, -0.2) is 38.4 Å². The van der Waals surface area contributed by atoms with Gasteiger partial charge in [0, 0.05) is 13.1 Å². The van der Waals surface area contributed by atoms with Crippen LogP contribution in [0.4, 0.5) is 0 Å². The van der Waals surface area contributed by atoms with Crippen molar-refractivity contribution in [1.82, 2.24) is 19.1 Å². The van der Waals surface area contributed by atoms with Gasteiger partial charge in [0.2, 0.25) is 0 Å².